The number of nitro benzene ring substituents is 1. The van der Waals surface area contributed by atoms with E-state index in [1.807, 2.05) is 0 Å². The minimum atomic E-state index is -0.682. The summed E-state index contributed by atoms with van der Waals surface area (Å²) in [4.78, 5) is 35.1. The number of nitro groups is 1. The van der Waals surface area contributed by atoms with Crippen LogP contribution in [0, 0.1) is 10.1 Å². The SMILES string of the molecule is Cn1c(N/N=C\c2ccc(Cl)cc2)c(N=Nc2ccc([N+](=O)[O-])cc2)c(=O)n(C)c1=O. The molecular weight excluding hydrogens is 426 g/mol. The molecule has 0 saturated carbocycles. The fourth-order valence-corrected chi connectivity index (χ4v) is 2.64. The summed E-state index contributed by atoms with van der Waals surface area (Å²) in [6.07, 6.45) is 1.48. The van der Waals surface area contributed by atoms with Crippen molar-refractivity contribution >= 4 is 40.7 Å². The van der Waals surface area contributed by atoms with E-state index in [4.69, 9.17) is 11.6 Å². The molecule has 0 spiro atoms. The van der Waals surface area contributed by atoms with Crippen molar-refractivity contribution in [3.8, 4) is 0 Å². The Kier molecular flexibility index (Phi) is 6.36. The average Bonchev–Trinajstić information content (AvgIpc) is 2.77. The number of aromatic nitrogens is 2. The van der Waals surface area contributed by atoms with Crippen LogP contribution in [-0.2, 0) is 14.1 Å². The van der Waals surface area contributed by atoms with Gasteiger partial charge >= 0.3 is 5.69 Å². The van der Waals surface area contributed by atoms with E-state index in [0.717, 1.165) is 10.1 Å². The van der Waals surface area contributed by atoms with E-state index in [-0.39, 0.29) is 22.9 Å². The predicted molar refractivity (Wildman–Crippen MR) is 117 cm³/mol. The summed E-state index contributed by atoms with van der Waals surface area (Å²) < 4.78 is 2.06. The number of non-ortho nitro benzene ring substituents is 1. The molecule has 31 heavy (non-hydrogen) atoms. The largest absolute Gasteiger partial charge is 0.332 e. The van der Waals surface area contributed by atoms with Gasteiger partial charge < -0.3 is 0 Å². The Bertz CT molecular complexity index is 1290. The first-order chi connectivity index (χ1) is 14.8. The van der Waals surface area contributed by atoms with Crippen molar-refractivity contribution in [2.75, 3.05) is 5.43 Å². The molecule has 3 aromatic rings. The second kappa shape index (κ2) is 9.13. The third-order valence-electron chi connectivity index (χ3n) is 4.22. The fraction of sp³-hybridized carbons (Fsp3) is 0.105. The lowest BCUT2D eigenvalue weighted by Crippen LogP contribution is -2.37. The molecule has 0 radical (unpaired) electrons. The zero-order chi connectivity index (χ0) is 22.5. The molecule has 0 aliphatic rings. The summed E-state index contributed by atoms with van der Waals surface area (Å²) >= 11 is 5.85. The molecular formula is C19H16ClN7O4. The monoisotopic (exact) mass is 441 g/mol. The van der Waals surface area contributed by atoms with Crippen molar-refractivity contribution in [2.24, 2.45) is 29.4 Å². The van der Waals surface area contributed by atoms with Gasteiger partial charge in [-0.15, -0.1) is 5.11 Å². The smallest absolute Gasteiger partial charge is 0.280 e. The van der Waals surface area contributed by atoms with E-state index in [0.29, 0.717) is 5.02 Å². The van der Waals surface area contributed by atoms with Gasteiger partial charge in [-0.05, 0) is 29.8 Å². The molecule has 3 rings (SSSR count). The maximum Gasteiger partial charge on any atom is 0.332 e. The Balaban J connectivity index is 1.96. The van der Waals surface area contributed by atoms with Gasteiger partial charge in [0.2, 0.25) is 0 Å². The number of benzene rings is 2. The maximum absolute atomic E-state index is 12.6. The molecule has 0 aliphatic carbocycles. The molecule has 158 valence electrons. The van der Waals surface area contributed by atoms with Crippen LogP contribution in [0.2, 0.25) is 5.02 Å². The van der Waals surface area contributed by atoms with Crippen LogP contribution in [0.25, 0.3) is 0 Å². The molecule has 2 aromatic carbocycles. The molecule has 0 saturated heterocycles. The number of nitrogens with zero attached hydrogens (tertiary/aromatic N) is 6. The van der Waals surface area contributed by atoms with Gasteiger partial charge in [0.15, 0.2) is 11.5 Å². The van der Waals surface area contributed by atoms with Gasteiger partial charge in [0.05, 0.1) is 16.8 Å². The van der Waals surface area contributed by atoms with E-state index in [1.165, 1.54) is 49.1 Å². The standard InChI is InChI=1S/C19H16ClN7O4/c1-25-17(24-21-11-12-3-5-13(20)6-4-12)16(18(28)26(2)19(25)29)23-22-14-7-9-15(10-8-14)27(30)31/h3-11,24H,1-2H3/b21-11-,23-22?. The van der Waals surface area contributed by atoms with Crippen molar-refractivity contribution in [1.82, 2.24) is 9.13 Å². The molecule has 1 N–H and O–H groups in total. The van der Waals surface area contributed by atoms with Gasteiger partial charge in [0.25, 0.3) is 11.2 Å². The van der Waals surface area contributed by atoms with Crippen molar-refractivity contribution in [3.05, 3.63) is 90.1 Å². The second-order valence-corrected chi connectivity index (χ2v) is 6.73. The Labute approximate surface area is 180 Å². The normalized spacial score (nSPS) is 11.3. The second-order valence-electron chi connectivity index (χ2n) is 6.30. The first-order valence-electron chi connectivity index (χ1n) is 8.79. The first kappa shape index (κ1) is 21.6. The lowest BCUT2D eigenvalue weighted by Gasteiger charge is -2.11. The maximum atomic E-state index is 12.6. The summed E-state index contributed by atoms with van der Waals surface area (Å²) in [6.45, 7) is 0. The Morgan fingerprint density at radius 2 is 1.65 bits per heavy atom. The molecule has 0 aliphatic heterocycles. The zero-order valence-corrected chi connectivity index (χ0v) is 17.1. The number of rotatable bonds is 6. The summed E-state index contributed by atoms with van der Waals surface area (Å²) in [5.74, 6) is 0.0315. The Morgan fingerprint density at radius 1 is 1.00 bits per heavy atom. The van der Waals surface area contributed by atoms with Crippen molar-refractivity contribution in [1.29, 1.82) is 0 Å². The van der Waals surface area contributed by atoms with Gasteiger partial charge in [-0.25, -0.2) is 4.79 Å². The summed E-state index contributed by atoms with van der Waals surface area (Å²) in [5.41, 5.74) is 2.16. The number of halogens is 1. The topological polar surface area (TPSA) is 136 Å². The van der Waals surface area contributed by atoms with E-state index < -0.39 is 16.2 Å². The third kappa shape index (κ3) is 4.90. The molecule has 1 aromatic heterocycles. The van der Waals surface area contributed by atoms with Crippen LogP contribution < -0.4 is 16.7 Å². The summed E-state index contributed by atoms with van der Waals surface area (Å²) in [5, 5.41) is 23.3. The predicted octanol–water partition coefficient (Wildman–Crippen LogP) is 3.51. The molecule has 0 unspecified atom stereocenters. The highest BCUT2D eigenvalue weighted by molar-refractivity contribution is 6.30. The van der Waals surface area contributed by atoms with Crippen LogP contribution in [0.1, 0.15) is 5.56 Å². The quantitative estimate of drug-likeness (QED) is 0.270. The number of hydrogen-bond acceptors (Lipinski definition) is 8. The minimum absolute atomic E-state index is 0.0315. The van der Waals surface area contributed by atoms with Crippen LogP contribution >= 0.6 is 11.6 Å². The number of azo groups is 1. The summed E-state index contributed by atoms with van der Waals surface area (Å²) in [6, 6.07) is 12.2. The van der Waals surface area contributed by atoms with Gasteiger partial charge in [-0.1, -0.05) is 23.7 Å². The Hall–Kier alpha value is -4.12. The highest BCUT2D eigenvalue weighted by Gasteiger charge is 2.15. The van der Waals surface area contributed by atoms with Crippen molar-refractivity contribution < 1.29 is 4.92 Å². The molecule has 1 heterocycles. The lowest BCUT2D eigenvalue weighted by molar-refractivity contribution is -0.384. The number of anilines is 1. The molecule has 11 nitrogen and oxygen atoms in total. The van der Waals surface area contributed by atoms with Crippen LogP contribution in [0.4, 0.5) is 22.9 Å². The van der Waals surface area contributed by atoms with E-state index in [1.54, 1.807) is 24.3 Å². The van der Waals surface area contributed by atoms with Gasteiger partial charge in [0.1, 0.15) is 0 Å². The van der Waals surface area contributed by atoms with Gasteiger partial charge in [-0.3, -0.25) is 29.5 Å². The molecule has 0 amide bonds. The van der Waals surface area contributed by atoms with Crippen LogP contribution in [-0.4, -0.2) is 20.3 Å². The zero-order valence-electron chi connectivity index (χ0n) is 16.4. The third-order valence-corrected chi connectivity index (χ3v) is 4.47. The van der Waals surface area contributed by atoms with Crippen molar-refractivity contribution in [2.45, 2.75) is 0 Å². The lowest BCUT2D eigenvalue weighted by atomic mass is 10.2. The van der Waals surface area contributed by atoms with Gasteiger partial charge in [-0.2, -0.15) is 10.2 Å². The first-order valence-corrected chi connectivity index (χ1v) is 9.16. The number of nitrogens with one attached hydrogen (secondary N) is 1. The highest BCUT2D eigenvalue weighted by atomic mass is 35.5. The summed E-state index contributed by atoms with van der Waals surface area (Å²) in [7, 11) is 2.77. The molecule has 0 fully saturated rings. The average molecular weight is 442 g/mol. The Morgan fingerprint density at radius 3 is 2.26 bits per heavy atom. The number of hydrazone groups is 1. The van der Waals surface area contributed by atoms with Crippen LogP contribution in [0.3, 0.4) is 0 Å². The van der Waals surface area contributed by atoms with Crippen LogP contribution in [0.15, 0.2) is 73.4 Å². The van der Waals surface area contributed by atoms with Crippen molar-refractivity contribution in [3.63, 3.8) is 0 Å². The minimum Gasteiger partial charge on any atom is -0.280 e. The molecule has 0 bridgehead atoms. The fourth-order valence-electron chi connectivity index (χ4n) is 2.51. The van der Waals surface area contributed by atoms with Crippen LogP contribution in [0.5, 0.6) is 0 Å². The number of hydrogen-bond donors (Lipinski definition) is 1. The molecule has 12 heteroatoms. The van der Waals surface area contributed by atoms with E-state index >= 15 is 0 Å². The van der Waals surface area contributed by atoms with E-state index in [2.05, 4.69) is 20.8 Å². The van der Waals surface area contributed by atoms with Gasteiger partial charge in [0, 0.05) is 31.3 Å². The van der Waals surface area contributed by atoms with E-state index in [9.17, 15) is 19.7 Å². The highest BCUT2D eigenvalue weighted by Crippen LogP contribution is 2.23. The molecule has 0 atom stereocenters.